The van der Waals surface area contributed by atoms with Gasteiger partial charge in [0.15, 0.2) is 0 Å². The van der Waals surface area contributed by atoms with E-state index in [2.05, 4.69) is 0 Å². The Morgan fingerprint density at radius 1 is 0.944 bits per heavy atom. The Labute approximate surface area is 207 Å². The minimum atomic E-state index is -0.805. The van der Waals surface area contributed by atoms with Crippen LogP contribution in [0.4, 0.5) is 16.2 Å². The largest absolute Gasteiger partial charge is 0.423 e. The molecule has 2 amide bonds. The summed E-state index contributed by atoms with van der Waals surface area (Å²) in [6.07, 6.45) is 1.44. The van der Waals surface area contributed by atoms with E-state index < -0.39 is 27.0 Å². The fourth-order valence-corrected chi connectivity index (χ4v) is 4.20. The molecule has 0 atom stereocenters. The van der Waals surface area contributed by atoms with E-state index in [9.17, 15) is 34.6 Å². The summed E-state index contributed by atoms with van der Waals surface area (Å²) in [6.45, 7) is -0.250. The summed E-state index contributed by atoms with van der Waals surface area (Å²) < 4.78 is 5.30. The number of nitro groups is 2. The van der Waals surface area contributed by atoms with Crippen molar-refractivity contribution in [1.82, 2.24) is 4.90 Å². The van der Waals surface area contributed by atoms with Gasteiger partial charge in [-0.15, -0.1) is 0 Å². The number of nitro benzene ring substituents is 2. The van der Waals surface area contributed by atoms with Crippen LogP contribution in [0.2, 0.25) is 0 Å². The van der Waals surface area contributed by atoms with Crippen molar-refractivity contribution in [1.29, 1.82) is 0 Å². The molecule has 12 heteroatoms. The van der Waals surface area contributed by atoms with Crippen LogP contribution in [0.5, 0.6) is 5.75 Å². The second-order valence-electron chi connectivity index (χ2n) is 7.42. The Hall–Kier alpha value is -4.84. The van der Waals surface area contributed by atoms with Crippen LogP contribution in [-0.2, 0) is 11.3 Å². The summed E-state index contributed by atoms with van der Waals surface area (Å²) in [5, 5.41) is 21.6. The van der Waals surface area contributed by atoms with Gasteiger partial charge in [0.2, 0.25) is 0 Å². The van der Waals surface area contributed by atoms with E-state index >= 15 is 0 Å². The lowest BCUT2D eigenvalue weighted by molar-refractivity contribution is -0.385. The van der Waals surface area contributed by atoms with Crippen LogP contribution in [0.25, 0.3) is 6.08 Å². The van der Waals surface area contributed by atoms with Gasteiger partial charge >= 0.3 is 5.97 Å². The van der Waals surface area contributed by atoms with Gasteiger partial charge in [-0.1, -0.05) is 36.4 Å². The summed E-state index contributed by atoms with van der Waals surface area (Å²) >= 11 is 0.688. The smallest absolute Gasteiger partial charge is 0.343 e. The van der Waals surface area contributed by atoms with Crippen molar-refractivity contribution < 1.29 is 29.0 Å². The molecule has 11 nitrogen and oxygen atoms in total. The van der Waals surface area contributed by atoms with Crippen molar-refractivity contribution in [2.24, 2.45) is 0 Å². The average Bonchev–Trinajstić information content (AvgIpc) is 3.11. The monoisotopic (exact) mass is 505 g/mol. The molecule has 1 heterocycles. The van der Waals surface area contributed by atoms with E-state index in [0.29, 0.717) is 17.3 Å². The summed E-state index contributed by atoms with van der Waals surface area (Å²) in [7, 11) is 0. The molecule has 0 saturated carbocycles. The van der Waals surface area contributed by atoms with Gasteiger partial charge in [0.1, 0.15) is 5.75 Å². The van der Waals surface area contributed by atoms with Gasteiger partial charge < -0.3 is 4.74 Å². The first-order valence-electron chi connectivity index (χ1n) is 10.3. The van der Waals surface area contributed by atoms with E-state index in [-0.39, 0.29) is 39.7 Å². The summed E-state index contributed by atoms with van der Waals surface area (Å²) in [5.41, 5.74) is 0.218. The molecule has 0 aromatic heterocycles. The van der Waals surface area contributed by atoms with Gasteiger partial charge in [-0.2, -0.15) is 0 Å². The number of hydrogen-bond acceptors (Lipinski definition) is 9. The van der Waals surface area contributed by atoms with Gasteiger partial charge in [0.25, 0.3) is 22.5 Å². The van der Waals surface area contributed by atoms with E-state index in [1.165, 1.54) is 54.6 Å². The van der Waals surface area contributed by atoms with Crippen LogP contribution in [0.15, 0.2) is 77.7 Å². The molecule has 0 unspecified atom stereocenters. The molecule has 180 valence electrons. The van der Waals surface area contributed by atoms with Crippen LogP contribution < -0.4 is 4.74 Å². The van der Waals surface area contributed by atoms with Crippen molar-refractivity contribution in [3.8, 4) is 5.75 Å². The van der Waals surface area contributed by atoms with Gasteiger partial charge in [0, 0.05) is 23.8 Å². The number of non-ortho nitro benzene ring substituents is 1. The van der Waals surface area contributed by atoms with E-state index in [0.717, 1.165) is 11.0 Å². The number of rotatable bonds is 7. The number of nitrogens with zero attached hydrogens (tertiary/aromatic N) is 3. The zero-order valence-corrected chi connectivity index (χ0v) is 19.0. The molecule has 1 fully saturated rings. The van der Waals surface area contributed by atoms with Gasteiger partial charge in [-0.05, 0) is 41.6 Å². The number of imide groups is 1. The maximum Gasteiger partial charge on any atom is 0.343 e. The van der Waals surface area contributed by atoms with Crippen LogP contribution in [-0.4, -0.2) is 31.9 Å². The van der Waals surface area contributed by atoms with Crippen molar-refractivity contribution in [2.75, 3.05) is 0 Å². The van der Waals surface area contributed by atoms with Crippen molar-refractivity contribution in [3.63, 3.8) is 0 Å². The highest BCUT2D eigenvalue weighted by molar-refractivity contribution is 8.18. The highest BCUT2D eigenvalue weighted by Crippen LogP contribution is 2.34. The van der Waals surface area contributed by atoms with Crippen LogP contribution in [0, 0.1) is 20.2 Å². The van der Waals surface area contributed by atoms with Crippen LogP contribution in [0.3, 0.4) is 0 Å². The van der Waals surface area contributed by atoms with Crippen LogP contribution in [0.1, 0.15) is 21.5 Å². The number of carbonyl (C=O) groups excluding carboxylic acids is 3. The lowest BCUT2D eigenvalue weighted by atomic mass is 10.1. The van der Waals surface area contributed by atoms with E-state index in [4.69, 9.17) is 4.74 Å². The maximum absolute atomic E-state index is 12.8. The minimum Gasteiger partial charge on any atom is -0.423 e. The fraction of sp³-hybridized carbons (Fsp3) is 0.0417. The third kappa shape index (κ3) is 5.28. The third-order valence-electron chi connectivity index (χ3n) is 5.05. The first kappa shape index (κ1) is 24.3. The molecule has 1 aliphatic heterocycles. The maximum atomic E-state index is 12.8. The highest BCUT2D eigenvalue weighted by Gasteiger charge is 2.36. The third-order valence-corrected chi connectivity index (χ3v) is 5.96. The number of carbonyl (C=O) groups is 3. The molecular formula is C24H15N3O8S. The number of para-hydroxylation sites is 1. The zero-order chi connectivity index (χ0) is 25.8. The Morgan fingerprint density at radius 3 is 2.44 bits per heavy atom. The summed E-state index contributed by atoms with van der Waals surface area (Å²) in [5.74, 6) is -1.29. The molecule has 0 spiro atoms. The molecule has 0 aliphatic carbocycles. The highest BCUT2D eigenvalue weighted by atomic mass is 32.2. The Kier molecular flexibility index (Phi) is 6.88. The molecule has 3 aromatic rings. The number of esters is 1. The predicted octanol–water partition coefficient (Wildman–Crippen LogP) is 4.96. The Bertz CT molecular complexity index is 1450. The summed E-state index contributed by atoms with van der Waals surface area (Å²) in [6, 6.07) is 17.1. The molecule has 36 heavy (non-hydrogen) atoms. The number of thioether (sulfide) groups is 1. The van der Waals surface area contributed by atoms with Crippen molar-refractivity contribution in [3.05, 3.63) is 115 Å². The molecule has 0 bridgehead atoms. The number of ether oxygens (including phenoxy) is 1. The quantitative estimate of drug-likeness (QED) is 0.143. The normalized spacial score (nSPS) is 14.2. The second kappa shape index (κ2) is 10.2. The zero-order valence-electron chi connectivity index (χ0n) is 18.2. The number of amides is 2. The molecule has 0 N–H and O–H groups in total. The first-order chi connectivity index (χ1) is 17.2. The molecule has 1 aliphatic rings. The fourth-order valence-electron chi connectivity index (χ4n) is 3.36. The van der Waals surface area contributed by atoms with Crippen molar-refractivity contribution >= 4 is 46.3 Å². The Balaban J connectivity index is 1.51. The van der Waals surface area contributed by atoms with Gasteiger partial charge in [-0.25, -0.2) is 4.79 Å². The molecule has 3 aromatic carbocycles. The minimum absolute atomic E-state index is 0.00859. The molecular weight excluding hydrogens is 490 g/mol. The molecule has 1 saturated heterocycles. The lowest BCUT2D eigenvalue weighted by Crippen LogP contribution is -2.27. The van der Waals surface area contributed by atoms with Crippen molar-refractivity contribution in [2.45, 2.75) is 6.54 Å². The standard InChI is InChI=1S/C24H15N3O8S/c28-22-21(36-24(30)25(22)14-17-6-1-2-10-20(17)27(33)34)12-15-5-3-9-19(11-15)35-23(29)16-7-4-8-18(13-16)26(31)32/h1-13H,14H2/b21-12-. The average molecular weight is 505 g/mol. The lowest BCUT2D eigenvalue weighted by Gasteiger charge is -2.12. The van der Waals surface area contributed by atoms with E-state index in [1.54, 1.807) is 18.2 Å². The summed E-state index contributed by atoms with van der Waals surface area (Å²) in [4.78, 5) is 59.7. The number of hydrogen-bond donors (Lipinski definition) is 0. The van der Waals surface area contributed by atoms with Gasteiger partial charge in [-0.3, -0.25) is 34.7 Å². The van der Waals surface area contributed by atoms with E-state index in [1.807, 2.05) is 0 Å². The Morgan fingerprint density at radius 2 is 1.69 bits per heavy atom. The second-order valence-corrected chi connectivity index (χ2v) is 8.42. The van der Waals surface area contributed by atoms with Crippen LogP contribution >= 0.6 is 11.8 Å². The molecule has 0 radical (unpaired) electrons. The predicted molar refractivity (Wildman–Crippen MR) is 129 cm³/mol. The topological polar surface area (TPSA) is 150 Å². The first-order valence-corrected chi connectivity index (χ1v) is 11.1. The number of benzene rings is 3. The molecule has 4 rings (SSSR count). The SMILES string of the molecule is O=C(Oc1cccc(/C=C2\SC(=O)N(Cc3ccccc3[N+](=O)[O-])C2=O)c1)c1cccc([N+](=O)[O-])c1. The van der Waals surface area contributed by atoms with Gasteiger partial charge in [0.05, 0.1) is 26.9 Å².